The molecule has 0 bridgehead atoms. The third kappa shape index (κ3) is 6.87. The van der Waals surface area contributed by atoms with E-state index >= 15 is 4.79 Å². The predicted molar refractivity (Wildman–Crippen MR) is 236 cm³/mol. The number of H-pyrrole nitrogens is 2. The van der Waals surface area contributed by atoms with Gasteiger partial charge < -0.3 is 9.72 Å². The monoisotopic (exact) mass is 801 g/mol. The number of hydrogen-bond donors (Lipinski definition) is 2. The summed E-state index contributed by atoms with van der Waals surface area (Å²) in [4.78, 5) is 39.1. The molecule has 1 aliphatic carbocycles. The number of unbranched alkanes of at least 4 members (excludes halogenated alkanes) is 1. The van der Waals surface area contributed by atoms with Gasteiger partial charge in [0.25, 0.3) is 5.56 Å². The van der Waals surface area contributed by atoms with Gasteiger partial charge in [0.2, 0.25) is 6.34 Å². The zero-order chi connectivity index (χ0) is 42.7. The second-order valence-electron chi connectivity index (χ2n) is 16.1. The van der Waals surface area contributed by atoms with Gasteiger partial charge in [-0.2, -0.15) is 0 Å². The van der Waals surface area contributed by atoms with E-state index < -0.39 is 22.2 Å². The van der Waals surface area contributed by atoms with E-state index in [2.05, 4.69) is 87.5 Å². The molecule has 0 fully saturated rings. The number of allylic oxidation sites excluding steroid dienone is 3. The van der Waals surface area contributed by atoms with Crippen molar-refractivity contribution in [3.05, 3.63) is 171 Å². The van der Waals surface area contributed by atoms with Gasteiger partial charge in [-0.15, -0.1) is 5.10 Å². The van der Waals surface area contributed by atoms with Crippen LogP contribution in [-0.2, 0) is 20.4 Å². The Morgan fingerprint density at radius 2 is 1.48 bits per heavy atom. The van der Waals surface area contributed by atoms with Crippen molar-refractivity contribution < 1.29 is 14.1 Å². The van der Waals surface area contributed by atoms with Crippen LogP contribution in [0.15, 0.2) is 137 Å². The summed E-state index contributed by atoms with van der Waals surface area (Å²) in [5.41, 5.74) is 3.99. The molecule has 2 heterocycles. The Kier molecular flexibility index (Phi) is 11.6. The van der Waals surface area contributed by atoms with Crippen LogP contribution in [0, 0.1) is 12.3 Å². The van der Waals surface area contributed by atoms with Crippen LogP contribution in [0.4, 0.5) is 5.69 Å². The molecule has 2 atom stereocenters. The van der Waals surface area contributed by atoms with E-state index in [1.165, 1.54) is 7.11 Å². The standard InChI is InChI=1S/C49H52N8O3/c1-9-10-30-48(40-31-41(58)51-34(3)50-40)42(36-24-16-12-17-25-36)33(2)49(47(4,5)46(59)60-8,39-29-21-20-28-38(39)35-22-14-11-15-23-35)44(43(48)45-52-54-55-53-45)57(32-56(6)7)37-26-18-13-19-27-37/h11-29,31-32H,9-10,30H2,1-8H3,(H-,50,51,52,53,54,55,58)/p+1. The minimum Gasteiger partial charge on any atom is -0.469 e. The Morgan fingerprint density at radius 3 is 2.07 bits per heavy atom. The molecular weight excluding hydrogens is 749 g/mol. The summed E-state index contributed by atoms with van der Waals surface area (Å²) in [6.07, 6.45) is 4.13. The van der Waals surface area contributed by atoms with E-state index in [-0.39, 0.29) is 5.56 Å². The molecule has 0 radical (unpaired) electrons. The molecule has 2 N–H and O–H groups in total. The largest absolute Gasteiger partial charge is 0.469 e. The highest BCUT2D eigenvalue weighted by Gasteiger charge is 2.66. The number of methoxy groups -OCH3 is 1. The number of benzene rings is 4. The van der Waals surface area contributed by atoms with Gasteiger partial charge in [0.15, 0.2) is 5.82 Å². The highest BCUT2D eigenvalue weighted by Crippen LogP contribution is 2.67. The van der Waals surface area contributed by atoms with Gasteiger partial charge in [-0.25, -0.2) is 14.7 Å². The summed E-state index contributed by atoms with van der Waals surface area (Å²) in [5, 5.41) is 16.4. The minimum atomic E-state index is -1.37. The quantitative estimate of drug-likeness (QED) is 0.0514. The van der Waals surface area contributed by atoms with Crippen molar-refractivity contribution in [3.63, 3.8) is 0 Å². The van der Waals surface area contributed by atoms with Gasteiger partial charge in [0.05, 0.1) is 48.7 Å². The van der Waals surface area contributed by atoms with Crippen molar-refractivity contribution in [3.8, 4) is 11.1 Å². The Hall–Kier alpha value is -6.75. The number of carbonyl (C=O) groups is 1. The van der Waals surface area contributed by atoms with Crippen LogP contribution in [0.3, 0.4) is 0 Å². The zero-order valence-corrected chi connectivity index (χ0v) is 35.7. The SMILES string of the molecule is CCCCC1(c2cc(=O)[nH]c(C)n2)C(c2ccccc2)=C(C)C(c2ccccc2-c2ccccc2)(C(C)(C)C(=O)OC)C([N+](=CN(C)C)c2ccccc2)=C1c1nnn[nH]1. The molecule has 60 heavy (non-hydrogen) atoms. The first-order valence-corrected chi connectivity index (χ1v) is 20.4. The maximum Gasteiger partial charge on any atom is 0.312 e. The van der Waals surface area contributed by atoms with Crippen LogP contribution in [0.1, 0.15) is 75.4 Å². The van der Waals surface area contributed by atoms with Crippen molar-refractivity contribution in [2.45, 2.75) is 64.7 Å². The van der Waals surface area contributed by atoms with E-state index in [0.29, 0.717) is 35.0 Å². The van der Waals surface area contributed by atoms with Crippen LogP contribution in [0.25, 0.3) is 22.3 Å². The molecule has 2 aromatic heterocycles. The van der Waals surface area contributed by atoms with E-state index in [1.54, 1.807) is 13.0 Å². The molecule has 7 rings (SSSR count). The molecule has 306 valence electrons. The summed E-state index contributed by atoms with van der Waals surface area (Å²) < 4.78 is 8.06. The van der Waals surface area contributed by atoms with Gasteiger partial charge in [-0.05, 0) is 90.1 Å². The Bertz CT molecular complexity index is 2630. The number of aryl methyl sites for hydroxylation is 1. The zero-order valence-electron chi connectivity index (χ0n) is 35.7. The fourth-order valence-electron chi connectivity index (χ4n) is 9.61. The lowest BCUT2D eigenvalue weighted by Crippen LogP contribution is -2.56. The van der Waals surface area contributed by atoms with Crippen LogP contribution in [-0.4, -0.2) is 73.6 Å². The lowest BCUT2D eigenvalue weighted by atomic mass is 9.47. The van der Waals surface area contributed by atoms with E-state index in [4.69, 9.17) is 14.8 Å². The number of nitrogens with one attached hydrogen (secondary N) is 2. The Balaban J connectivity index is 1.91. The lowest BCUT2D eigenvalue weighted by Gasteiger charge is -2.55. The molecule has 11 nitrogen and oxygen atoms in total. The van der Waals surface area contributed by atoms with Crippen LogP contribution in [0.2, 0.25) is 0 Å². The first kappa shape index (κ1) is 41.4. The molecule has 6 aromatic rings. The van der Waals surface area contributed by atoms with E-state index in [1.807, 2.05) is 106 Å². The van der Waals surface area contributed by atoms with Crippen molar-refractivity contribution in [1.82, 2.24) is 35.5 Å². The highest BCUT2D eigenvalue weighted by atomic mass is 16.5. The van der Waals surface area contributed by atoms with Crippen molar-refractivity contribution in [1.29, 1.82) is 0 Å². The molecule has 1 aliphatic rings. The third-order valence-electron chi connectivity index (χ3n) is 11.9. The minimum absolute atomic E-state index is 0.282. The topological polar surface area (TPSA) is 133 Å². The Labute approximate surface area is 351 Å². The highest BCUT2D eigenvalue weighted by molar-refractivity contribution is 6.00. The summed E-state index contributed by atoms with van der Waals surface area (Å²) in [5.74, 6) is 0.418. The average molecular weight is 802 g/mol. The summed E-state index contributed by atoms with van der Waals surface area (Å²) in [6, 6.07) is 40.5. The molecule has 11 heteroatoms. The van der Waals surface area contributed by atoms with Gasteiger partial charge in [-0.3, -0.25) is 14.5 Å². The van der Waals surface area contributed by atoms with Gasteiger partial charge in [0, 0.05) is 6.07 Å². The number of carbonyl (C=O) groups excluding carboxylic acids is 1. The summed E-state index contributed by atoms with van der Waals surface area (Å²) in [6.45, 7) is 10.0. The number of esters is 1. The maximum absolute atomic E-state index is 15.1. The number of nitrogens with zero attached hydrogens (tertiary/aromatic N) is 6. The predicted octanol–water partition coefficient (Wildman–Crippen LogP) is 8.66. The summed E-state index contributed by atoms with van der Waals surface area (Å²) in [7, 11) is 5.40. The second-order valence-corrected chi connectivity index (χ2v) is 16.1. The number of hydrogen-bond acceptors (Lipinski definition) is 7. The second kappa shape index (κ2) is 16.8. The first-order valence-electron chi connectivity index (χ1n) is 20.4. The molecule has 0 saturated carbocycles. The smallest absolute Gasteiger partial charge is 0.312 e. The van der Waals surface area contributed by atoms with Gasteiger partial charge in [0.1, 0.15) is 17.2 Å². The molecule has 0 aliphatic heterocycles. The Morgan fingerprint density at radius 1 is 0.867 bits per heavy atom. The molecule has 4 aromatic carbocycles. The van der Waals surface area contributed by atoms with E-state index in [9.17, 15) is 4.79 Å². The van der Waals surface area contributed by atoms with Crippen LogP contribution in [0.5, 0.6) is 0 Å². The third-order valence-corrected chi connectivity index (χ3v) is 11.9. The summed E-state index contributed by atoms with van der Waals surface area (Å²) >= 11 is 0. The van der Waals surface area contributed by atoms with Gasteiger partial charge >= 0.3 is 5.97 Å². The fraction of sp³-hybridized carbons (Fsp3) is 0.286. The van der Waals surface area contributed by atoms with Crippen molar-refractivity contribution >= 4 is 29.1 Å². The number of rotatable bonds is 13. The molecule has 0 spiro atoms. The normalized spacial score (nSPS) is 18.4. The number of aromatic nitrogens is 6. The number of ether oxygens (including phenoxy) is 1. The van der Waals surface area contributed by atoms with Crippen LogP contribution < -0.4 is 5.56 Å². The molecule has 0 amide bonds. The lowest BCUT2D eigenvalue weighted by molar-refractivity contribution is -0.397. The van der Waals surface area contributed by atoms with Crippen molar-refractivity contribution in [2.75, 3.05) is 21.2 Å². The number of tetrazole rings is 1. The molecule has 2 unspecified atom stereocenters. The fourth-order valence-corrected chi connectivity index (χ4v) is 9.61. The van der Waals surface area contributed by atoms with E-state index in [0.717, 1.165) is 51.9 Å². The average Bonchev–Trinajstić information content (AvgIpc) is 3.79. The van der Waals surface area contributed by atoms with Crippen molar-refractivity contribution in [2.24, 2.45) is 5.41 Å². The molecular formula is C49H53N8O3+. The maximum atomic E-state index is 15.1. The first-order chi connectivity index (χ1) is 28.9. The molecule has 0 saturated heterocycles. The number of para-hydroxylation sites is 1. The number of aromatic amines is 2. The van der Waals surface area contributed by atoms with Gasteiger partial charge in [-0.1, -0.05) is 123 Å². The van der Waals surface area contributed by atoms with Crippen LogP contribution >= 0.6 is 0 Å².